The van der Waals surface area contributed by atoms with Crippen LogP contribution in [0.1, 0.15) is 206 Å². The van der Waals surface area contributed by atoms with Crippen molar-refractivity contribution in [2.24, 2.45) is 0 Å². The molecule has 1 amide bonds. The first-order valence-corrected chi connectivity index (χ1v) is 19.4. The zero-order chi connectivity index (χ0) is 32.5. The Morgan fingerprint density at radius 1 is 0.477 bits per heavy atom. The summed E-state index contributed by atoms with van der Waals surface area (Å²) < 4.78 is 0. The Labute approximate surface area is 273 Å². The van der Waals surface area contributed by atoms with Crippen molar-refractivity contribution in [2.45, 2.75) is 231 Å². The lowest BCUT2D eigenvalue weighted by atomic mass is 9.99. The number of amides is 1. The molecule has 6 heteroatoms. The van der Waals surface area contributed by atoms with Gasteiger partial charge in [0.1, 0.15) is 12.2 Å². The summed E-state index contributed by atoms with van der Waals surface area (Å²) in [6, 6.07) is -0.977. The summed E-state index contributed by atoms with van der Waals surface area (Å²) >= 11 is 0. The standard InChI is InChI=1S/C38H77NO5/c1-3-5-7-9-11-13-15-17-18-20-22-24-26-28-30-32-36(42)38(44)39-34(33-40)37(43)35(41)31-29-27-25-23-21-19-16-14-12-10-8-6-4-2/h34-37,40-43H,3-33H2,1-2H3,(H,39,44)/t34?,35?,36?,37-/m0/s1. The zero-order valence-electron chi connectivity index (χ0n) is 29.4. The van der Waals surface area contributed by atoms with E-state index in [9.17, 15) is 25.2 Å². The fraction of sp³-hybridized carbons (Fsp3) is 0.974. The number of unbranched alkanes of at least 4 members (excludes halogenated alkanes) is 26. The van der Waals surface area contributed by atoms with Crippen molar-refractivity contribution < 1.29 is 25.2 Å². The molecule has 0 aromatic heterocycles. The maximum atomic E-state index is 12.4. The van der Waals surface area contributed by atoms with Crippen LogP contribution in [0.3, 0.4) is 0 Å². The molecule has 5 N–H and O–H groups in total. The van der Waals surface area contributed by atoms with Crippen LogP contribution in [0.15, 0.2) is 0 Å². The van der Waals surface area contributed by atoms with E-state index < -0.39 is 36.9 Å². The lowest BCUT2D eigenvalue weighted by molar-refractivity contribution is -0.132. The van der Waals surface area contributed by atoms with E-state index in [-0.39, 0.29) is 0 Å². The predicted octanol–water partition coefficient (Wildman–Crippen LogP) is 9.29. The van der Waals surface area contributed by atoms with Crippen LogP contribution in [0.4, 0.5) is 0 Å². The number of carbonyl (C=O) groups is 1. The van der Waals surface area contributed by atoms with E-state index in [1.165, 1.54) is 141 Å². The Morgan fingerprint density at radius 2 is 0.773 bits per heavy atom. The highest BCUT2D eigenvalue weighted by Gasteiger charge is 2.28. The van der Waals surface area contributed by atoms with Gasteiger partial charge < -0.3 is 25.7 Å². The van der Waals surface area contributed by atoms with E-state index in [1.54, 1.807) is 0 Å². The van der Waals surface area contributed by atoms with Gasteiger partial charge in [-0.3, -0.25) is 4.79 Å². The van der Waals surface area contributed by atoms with Crippen molar-refractivity contribution in [1.29, 1.82) is 0 Å². The normalized spacial score (nSPS) is 14.4. The topological polar surface area (TPSA) is 110 Å². The molecular formula is C38H77NO5. The van der Waals surface area contributed by atoms with Crippen molar-refractivity contribution in [3.63, 3.8) is 0 Å². The van der Waals surface area contributed by atoms with Gasteiger partial charge in [-0.05, 0) is 12.8 Å². The van der Waals surface area contributed by atoms with Gasteiger partial charge in [0.2, 0.25) is 5.91 Å². The summed E-state index contributed by atoms with van der Waals surface area (Å²) in [6.07, 6.45) is 32.6. The van der Waals surface area contributed by atoms with Crippen LogP contribution in [-0.4, -0.2) is 57.3 Å². The molecule has 0 aliphatic rings. The van der Waals surface area contributed by atoms with Gasteiger partial charge in [-0.1, -0.05) is 194 Å². The van der Waals surface area contributed by atoms with Crippen LogP contribution < -0.4 is 5.32 Å². The van der Waals surface area contributed by atoms with Gasteiger partial charge in [0.05, 0.1) is 18.8 Å². The average Bonchev–Trinajstić information content (AvgIpc) is 3.03. The Bertz CT molecular complexity index is 590. The molecule has 3 unspecified atom stereocenters. The molecule has 44 heavy (non-hydrogen) atoms. The minimum atomic E-state index is -1.25. The third-order valence-corrected chi connectivity index (χ3v) is 9.32. The number of carbonyl (C=O) groups excluding carboxylic acids is 1. The molecule has 0 saturated heterocycles. The molecule has 0 spiro atoms. The van der Waals surface area contributed by atoms with Crippen molar-refractivity contribution in [3.05, 3.63) is 0 Å². The van der Waals surface area contributed by atoms with E-state index >= 15 is 0 Å². The zero-order valence-corrected chi connectivity index (χ0v) is 29.4. The number of aliphatic hydroxyl groups excluding tert-OH is 4. The molecular weight excluding hydrogens is 550 g/mol. The van der Waals surface area contributed by atoms with Crippen LogP contribution >= 0.6 is 0 Å². The molecule has 0 fully saturated rings. The van der Waals surface area contributed by atoms with Gasteiger partial charge in [0.25, 0.3) is 0 Å². The molecule has 0 aromatic rings. The number of hydrogen-bond donors (Lipinski definition) is 5. The first kappa shape index (κ1) is 43.3. The summed E-state index contributed by atoms with van der Waals surface area (Å²) in [4.78, 5) is 12.4. The number of hydrogen-bond acceptors (Lipinski definition) is 5. The summed E-state index contributed by atoms with van der Waals surface area (Å²) in [6.45, 7) is 4.04. The largest absolute Gasteiger partial charge is 0.394 e. The molecule has 0 rings (SSSR count). The first-order valence-electron chi connectivity index (χ1n) is 19.4. The van der Waals surface area contributed by atoms with Crippen molar-refractivity contribution in [2.75, 3.05) is 6.61 Å². The Morgan fingerprint density at radius 3 is 1.09 bits per heavy atom. The highest BCUT2D eigenvalue weighted by atomic mass is 16.3. The number of rotatable bonds is 35. The number of aliphatic hydroxyl groups is 4. The summed E-state index contributed by atoms with van der Waals surface area (Å²) in [5.74, 6) is -0.582. The molecule has 6 nitrogen and oxygen atoms in total. The quantitative estimate of drug-likeness (QED) is 0.0450. The van der Waals surface area contributed by atoms with Crippen molar-refractivity contribution >= 4 is 5.91 Å². The Hall–Kier alpha value is -0.690. The average molecular weight is 628 g/mol. The lowest BCUT2D eigenvalue weighted by Gasteiger charge is -2.27. The second-order valence-corrected chi connectivity index (χ2v) is 13.6. The maximum absolute atomic E-state index is 12.4. The van der Waals surface area contributed by atoms with Gasteiger partial charge >= 0.3 is 0 Å². The summed E-state index contributed by atoms with van der Waals surface area (Å²) in [5.41, 5.74) is 0. The van der Waals surface area contributed by atoms with E-state index in [1.807, 2.05) is 0 Å². The van der Waals surface area contributed by atoms with Crippen LogP contribution in [0, 0.1) is 0 Å². The SMILES string of the molecule is CCCCCCCCCCCCCCCCCC(O)C(=O)NC(CO)[C@H](O)C(O)CCCCCCCCCCCCCCC. The Balaban J connectivity index is 3.77. The van der Waals surface area contributed by atoms with Crippen molar-refractivity contribution in [3.8, 4) is 0 Å². The third kappa shape index (κ3) is 27.6. The van der Waals surface area contributed by atoms with E-state index in [0.717, 1.165) is 38.5 Å². The summed E-state index contributed by atoms with van der Waals surface area (Å²) in [7, 11) is 0. The van der Waals surface area contributed by atoms with Crippen LogP contribution in [0.5, 0.6) is 0 Å². The first-order chi connectivity index (χ1) is 21.5. The lowest BCUT2D eigenvalue weighted by Crippen LogP contribution is -2.53. The monoisotopic (exact) mass is 628 g/mol. The minimum absolute atomic E-state index is 0.375. The third-order valence-electron chi connectivity index (χ3n) is 9.32. The molecule has 4 atom stereocenters. The van der Waals surface area contributed by atoms with Crippen LogP contribution in [0.2, 0.25) is 0 Å². The van der Waals surface area contributed by atoms with E-state index in [4.69, 9.17) is 0 Å². The molecule has 0 saturated carbocycles. The highest BCUT2D eigenvalue weighted by Crippen LogP contribution is 2.16. The molecule has 0 aliphatic heterocycles. The maximum Gasteiger partial charge on any atom is 0.249 e. The van der Waals surface area contributed by atoms with Gasteiger partial charge in [-0.25, -0.2) is 0 Å². The Kier molecular flexibility index (Phi) is 33.1. The van der Waals surface area contributed by atoms with Gasteiger partial charge in [-0.2, -0.15) is 0 Å². The second kappa shape index (κ2) is 33.7. The molecule has 0 aromatic carbocycles. The van der Waals surface area contributed by atoms with Gasteiger partial charge in [-0.15, -0.1) is 0 Å². The molecule has 0 bridgehead atoms. The summed E-state index contributed by atoms with van der Waals surface area (Å²) in [5, 5.41) is 43.5. The van der Waals surface area contributed by atoms with Gasteiger partial charge in [0, 0.05) is 0 Å². The van der Waals surface area contributed by atoms with E-state index in [2.05, 4.69) is 19.2 Å². The molecule has 0 radical (unpaired) electrons. The highest BCUT2D eigenvalue weighted by molar-refractivity contribution is 5.80. The smallest absolute Gasteiger partial charge is 0.249 e. The van der Waals surface area contributed by atoms with E-state index in [0.29, 0.717) is 12.8 Å². The van der Waals surface area contributed by atoms with Crippen molar-refractivity contribution in [1.82, 2.24) is 5.32 Å². The molecule has 0 heterocycles. The second-order valence-electron chi connectivity index (χ2n) is 13.6. The van der Waals surface area contributed by atoms with Crippen LogP contribution in [0.25, 0.3) is 0 Å². The molecule has 264 valence electrons. The predicted molar refractivity (Wildman–Crippen MR) is 187 cm³/mol. The number of nitrogens with one attached hydrogen (secondary N) is 1. The van der Waals surface area contributed by atoms with Crippen LogP contribution in [-0.2, 0) is 4.79 Å². The molecule has 0 aliphatic carbocycles. The fourth-order valence-electron chi connectivity index (χ4n) is 6.17. The fourth-order valence-corrected chi connectivity index (χ4v) is 6.17. The minimum Gasteiger partial charge on any atom is -0.394 e. The van der Waals surface area contributed by atoms with Gasteiger partial charge in [0.15, 0.2) is 0 Å².